The van der Waals surface area contributed by atoms with Gasteiger partial charge in [-0.2, -0.15) is 0 Å². The molecule has 2 aliphatic carbocycles. The smallest absolute Gasteiger partial charge is 0.250 e. The molecule has 1 aliphatic heterocycles. The minimum absolute atomic E-state index is 0.0198. The minimum Gasteiger partial charge on any atom is -0.379 e. The van der Waals surface area contributed by atoms with Crippen molar-refractivity contribution in [3.8, 4) is 0 Å². The van der Waals surface area contributed by atoms with Gasteiger partial charge in [-0.1, -0.05) is 42.0 Å². The zero-order chi connectivity index (χ0) is 22.1. The molecule has 1 aromatic carbocycles. The maximum absolute atomic E-state index is 12.9. The van der Waals surface area contributed by atoms with Crippen molar-refractivity contribution in [3.05, 3.63) is 57.4 Å². The molecule has 172 valence electrons. The number of hydrogen-bond acceptors (Lipinski definition) is 5. The van der Waals surface area contributed by atoms with Gasteiger partial charge < -0.3 is 4.74 Å². The molecule has 1 N–H and O–H groups in total. The lowest BCUT2D eigenvalue weighted by atomic mass is 9.92. The third-order valence-corrected chi connectivity index (χ3v) is 10.2. The molecule has 0 amide bonds. The van der Waals surface area contributed by atoms with E-state index in [1.807, 2.05) is 0 Å². The van der Waals surface area contributed by atoms with Crippen LogP contribution < -0.4 is 4.72 Å². The topological polar surface area (TPSA) is 58.6 Å². The number of nitrogens with one attached hydrogen (secondary N) is 1. The summed E-state index contributed by atoms with van der Waals surface area (Å²) in [6.07, 6.45) is 8.44. The molecule has 2 fully saturated rings. The van der Waals surface area contributed by atoms with Crippen molar-refractivity contribution in [3.63, 3.8) is 0 Å². The number of thiophene rings is 1. The molecular weight excluding hydrogens is 464 g/mol. The van der Waals surface area contributed by atoms with Crippen LogP contribution in [-0.4, -0.2) is 52.2 Å². The van der Waals surface area contributed by atoms with Gasteiger partial charge in [0.05, 0.1) is 17.6 Å². The van der Waals surface area contributed by atoms with Crippen molar-refractivity contribution in [1.82, 2.24) is 9.62 Å². The Balaban J connectivity index is 1.28. The summed E-state index contributed by atoms with van der Waals surface area (Å²) in [4.78, 5) is 2.40. The maximum Gasteiger partial charge on any atom is 0.250 e. The lowest BCUT2D eigenvalue weighted by molar-refractivity contribution is 0.0435. The largest absolute Gasteiger partial charge is 0.379 e. The van der Waals surface area contributed by atoms with E-state index >= 15 is 0 Å². The highest BCUT2D eigenvalue weighted by atomic mass is 35.5. The van der Waals surface area contributed by atoms with Crippen molar-refractivity contribution in [2.45, 2.75) is 35.9 Å². The molecule has 1 aromatic heterocycles. The molecule has 1 saturated carbocycles. The van der Waals surface area contributed by atoms with E-state index in [-0.39, 0.29) is 6.04 Å². The molecule has 32 heavy (non-hydrogen) atoms. The van der Waals surface area contributed by atoms with Gasteiger partial charge in [0.2, 0.25) is 10.0 Å². The van der Waals surface area contributed by atoms with Crippen LogP contribution in [0.3, 0.4) is 0 Å². The van der Waals surface area contributed by atoms with Gasteiger partial charge in [-0.15, -0.1) is 11.3 Å². The second-order valence-electron chi connectivity index (χ2n) is 9.05. The Bertz CT molecular complexity index is 1090. The van der Waals surface area contributed by atoms with Crippen LogP contribution in [0.5, 0.6) is 0 Å². The number of morpholine rings is 1. The lowest BCUT2D eigenvalue weighted by Crippen LogP contribution is -2.41. The fourth-order valence-electron chi connectivity index (χ4n) is 5.33. The molecule has 2 aromatic rings. The van der Waals surface area contributed by atoms with Gasteiger partial charge in [0.1, 0.15) is 4.21 Å². The van der Waals surface area contributed by atoms with E-state index in [2.05, 4.69) is 40.0 Å². The van der Waals surface area contributed by atoms with Crippen LogP contribution in [0, 0.1) is 11.8 Å². The standard InChI is InChI=1S/C24H29ClN2O3S2/c25-22-7-8-23(31-22)32(28,29)26-24-19-5-6-20(24)16-21-14-17(3-4-18(21)15-19)2-1-9-27-10-12-30-13-11-27/h1-4,7-8,14,19-20,24,26H,5-6,9-13,15-16H2/t19-,20+,24+/m0/s1. The molecule has 5 rings (SSSR count). The van der Waals surface area contributed by atoms with Crippen molar-refractivity contribution < 1.29 is 13.2 Å². The van der Waals surface area contributed by atoms with Crippen molar-refractivity contribution in [2.75, 3.05) is 32.8 Å². The average molecular weight is 493 g/mol. The Kier molecular flexibility index (Phi) is 6.75. The molecule has 2 heterocycles. The summed E-state index contributed by atoms with van der Waals surface area (Å²) in [5.41, 5.74) is 3.96. The van der Waals surface area contributed by atoms with Gasteiger partial charge in [-0.25, -0.2) is 13.1 Å². The predicted octanol–water partition coefficient (Wildman–Crippen LogP) is 4.22. The summed E-state index contributed by atoms with van der Waals surface area (Å²) in [5.74, 6) is 0.674. The minimum atomic E-state index is -3.54. The Morgan fingerprint density at radius 2 is 1.84 bits per heavy atom. The third kappa shape index (κ3) is 4.98. The number of benzene rings is 1. The molecule has 0 spiro atoms. The van der Waals surface area contributed by atoms with E-state index in [9.17, 15) is 8.42 Å². The summed E-state index contributed by atoms with van der Waals surface area (Å²) in [6.45, 7) is 4.57. The molecule has 5 nitrogen and oxygen atoms in total. The van der Waals surface area contributed by atoms with Crippen LogP contribution in [0.15, 0.2) is 40.6 Å². The Morgan fingerprint density at radius 3 is 2.56 bits per heavy atom. The predicted molar refractivity (Wildman–Crippen MR) is 130 cm³/mol. The molecule has 2 bridgehead atoms. The first-order valence-electron chi connectivity index (χ1n) is 11.3. The lowest BCUT2D eigenvalue weighted by Gasteiger charge is -2.25. The Labute approximate surface area is 199 Å². The first-order chi connectivity index (χ1) is 15.5. The van der Waals surface area contributed by atoms with Gasteiger partial charge in [0, 0.05) is 25.7 Å². The van der Waals surface area contributed by atoms with Gasteiger partial charge in [0.15, 0.2) is 0 Å². The number of hydrogen-bond donors (Lipinski definition) is 1. The summed E-state index contributed by atoms with van der Waals surface area (Å²) < 4.78 is 35.1. The van der Waals surface area contributed by atoms with E-state index in [4.69, 9.17) is 16.3 Å². The van der Waals surface area contributed by atoms with E-state index in [1.54, 1.807) is 12.1 Å². The maximum atomic E-state index is 12.9. The number of fused-ring (bicyclic) bond motifs is 3. The van der Waals surface area contributed by atoms with Crippen molar-refractivity contribution in [2.24, 2.45) is 11.8 Å². The normalized spacial score (nSPS) is 26.3. The molecule has 0 unspecified atom stereocenters. The van der Waals surface area contributed by atoms with Gasteiger partial charge in [-0.05, 0) is 66.3 Å². The van der Waals surface area contributed by atoms with Gasteiger partial charge in [0.25, 0.3) is 0 Å². The first-order valence-corrected chi connectivity index (χ1v) is 14.0. The second-order valence-corrected chi connectivity index (χ2v) is 12.7. The highest BCUT2D eigenvalue weighted by Gasteiger charge is 2.41. The average Bonchev–Trinajstić information content (AvgIpc) is 3.33. The number of nitrogens with zero attached hydrogens (tertiary/aromatic N) is 1. The molecule has 3 atom stereocenters. The van der Waals surface area contributed by atoms with E-state index in [1.165, 1.54) is 16.7 Å². The second kappa shape index (κ2) is 9.57. The third-order valence-electron chi connectivity index (χ3n) is 7.00. The molecule has 3 aliphatic rings. The fourth-order valence-corrected chi connectivity index (χ4v) is 8.20. The van der Waals surface area contributed by atoms with Crippen LogP contribution in [0.2, 0.25) is 4.34 Å². The van der Waals surface area contributed by atoms with Crippen LogP contribution in [-0.2, 0) is 27.6 Å². The fraction of sp³-hybridized carbons (Fsp3) is 0.500. The number of ether oxygens (including phenoxy) is 1. The highest BCUT2D eigenvalue weighted by Crippen LogP contribution is 2.41. The SMILES string of the molecule is O=S(=O)(N[C@H]1[C@@H]2CC[C@H]1Cc1ccc(C=CCN3CCOCC3)cc1C2)c1ccc(Cl)s1. The molecule has 8 heteroatoms. The summed E-state index contributed by atoms with van der Waals surface area (Å²) >= 11 is 7.09. The number of halogens is 1. The Hall–Kier alpha value is -1.22. The van der Waals surface area contributed by atoms with E-state index in [0.29, 0.717) is 20.4 Å². The summed E-state index contributed by atoms with van der Waals surface area (Å²) in [7, 11) is -3.54. The van der Waals surface area contributed by atoms with Gasteiger partial charge >= 0.3 is 0 Å². The van der Waals surface area contributed by atoms with Gasteiger partial charge in [-0.3, -0.25) is 4.90 Å². The first kappa shape index (κ1) is 22.6. The monoisotopic (exact) mass is 492 g/mol. The number of rotatable bonds is 6. The van der Waals surface area contributed by atoms with Crippen molar-refractivity contribution in [1.29, 1.82) is 0 Å². The van der Waals surface area contributed by atoms with E-state index in [0.717, 1.165) is 69.9 Å². The van der Waals surface area contributed by atoms with Crippen LogP contribution in [0.4, 0.5) is 0 Å². The summed E-state index contributed by atoms with van der Waals surface area (Å²) in [5, 5.41) is 0. The highest BCUT2D eigenvalue weighted by molar-refractivity contribution is 7.91. The zero-order valence-electron chi connectivity index (χ0n) is 18.0. The van der Waals surface area contributed by atoms with Crippen molar-refractivity contribution >= 4 is 39.0 Å². The number of sulfonamides is 1. The summed E-state index contributed by atoms with van der Waals surface area (Å²) in [6, 6.07) is 9.96. The Morgan fingerprint density at radius 1 is 1.09 bits per heavy atom. The molecule has 1 saturated heterocycles. The molecule has 0 radical (unpaired) electrons. The molecular formula is C24H29ClN2O3S2. The van der Waals surface area contributed by atoms with Crippen LogP contribution in [0.25, 0.3) is 6.08 Å². The van der Waals surface area contributed by atoms with Crippen LogP contribution >= 0.6 is 22.9 Å². The quantitative estimate of drug-likeness (QED) is 0.656. The van der Waals surface area contributed by atoms with Crippen LogP contribution in [0.1, 0.15) is 29.5 Å². The zero-order valence-corrected chi connectivity index (χ0v) is 20.4. The van der Waals surface area contributed by atoms with E-state index < -0.39 is 10.0 Å².